The van der Waals surface area contributed by atoms with E-state index in [-0.39, 0.29) is 0 Å². The van der Waals surface area contributed by atoms with Crippen molar-refractivity contribution in [2.45, 2.75) is 23.3 Å². The van der Waals surface area contributed by atoms with Gasteiger partial charge in [-0.2, -0.15) is 0 Å². The summed E-state index contributed by atoms with van der Waals surface area (Å²) < 4.78 is 0. The second-order valence-electron chi connectivity index (χ2n) is 5.10. The molecule has 0 radical (unpaired) electrons. The third kappa shape index (κ3) is 3.26. The zero-order chi connectivity index (χ0) is 14.7. The van der Waals surface area contributed by atoms with Crippen LogP contribution >= 0.6 is 11.8 Å². The summed E-state index contributed by atoms with van der Waals surface area (Å²) in [6, 6.07) is 19.0. The summed E-state index contributed by atoms with van der Waals surface area (Å²) in [6.07, 6.45) is 0.853. The van der Waals surface area contributed by atoms with E-state index in [9.17, 15) is 0 Å². The molecule has 2 N–H and O–H groups in total. The molecule has 0 aliphatic carbocycles. The number of aromatic nitrogens is 1. The summed E-state index contributed by atoms with van der Waals surface area (Å²) in [5.74, 6) is 0. The normalized spacial score (nSPS) is 11.0. The first-order valence-electron chi connectivity index (χ1n) is 7.09. The molecule has 1 heterocycles. The molecule has 0 aliphatic rings. The number of pyridine rings is 1. The van der Waals surface area contributed by atoms with Gasteiger partial charge in [-0.15, -0.1) is 0 Å². The average Bonchev–Trinajstić information content (AvgIpc) is 2.48. The molecule has 2 aromatic carbocycles. The predicted octanol–water partition coefficient (Wildman–Crippen LogP) is 4.20. The number of fused-ring (bicyclic) bond motifs is 1. The van der Waals surface area contributed by atoms with E-state index in [1.807, 2.05) is 12.1 Å². The largest absolute Gasteiger partial charge is 0.330 e. The van der Waals surface area contributed by atoms with Crippen molar-refractivity contribution >= 4 is 22.7 Å². The van der Waals surface area contributed by atoms with E-state index in [0.717, 1.165) is 17.0 Å². The van der Waals surface area contributed by atoms with Crippen LogP contribution in [-0.4, -0.2) is 11.5 Å². The number of hydrogen-bond donors (Lipinski definition) is 1. The van der Waals surface area contributed by atoms with E-state index in [2.05, 4.69) is 49.4 Å². The van der Waals surface area contributed by atoms with Crippen molar-refractivity contribution in [3.05, 3.63) is 65.7 Å². The first-order valence-corrected chi connectivity index (χ1v) is 7.91. The van der Waals surface area contributed by atoms with Crippen LogP contribution in [-0.2, 0) is 6.42 Å². The monoisotopic (exact) mass is 294 g/mol. The number of nitrogens with two attached hydrogens (primary N) is 1. The summed E-state index contributed by atoms with van der Waals surface area (Å²) in [5, 5.41) is 2.24. The molecule has 2 nitrogen and oxygen atoms in total. The maximum atomic E-state index is 5.75. The van der Waals surface area contributed by atoms with Crippen LogP contribution in [0.5, 0.6) is 0 Å². The molecule has 0 bridgehead atoms. The van der Waals surface area contributed by atoms with E-state index in [1.54, 1.807) is 11.8 Å². The average molecular weight is 294 g/mol. The lowest BCUT2D eigenvalue weighted by molar-refractivity contribution is 0.922. The number of rotatable bonds is 4. The Morgan fingerprint density at radius 1 is 1.05 bits per heavy atom. The molecule has 0 saturated heterocycles. The molecule has 3 heteroatoms. The second-order valence-corrected chi connectivity index (χ2v) is 6.16. The molecule has 106 valence electrons. The zero-order valence-corrected chi connectivity index (χ0v) is 12.9. The molecule has 0 aliphatic heterocycles. The summed E-state index contributed by atoms with van der Waals surface area (Å²) in [7, 11) is 0. The fourth-order valence-corrected chi connectivity index (χ4v) is 3.41. The van der Waals surface area contributed by atoms with Crippen LogP contribution in [0.25, 0.3) is 10.9 Å². The smallest absolute Gasteiger partial charge is 0.105 e. The summed E-state index contributed by atoms with van der Waals surface area (Å²) in [5.41, 5.74) is 9.28. The van der Waals surface area contributed by atoms with Crippen LogP contribution in [0.15, 0.2) is 64.5 Å². The Bertz CT molecular complexity index is 768. The summed E-state index contributed by atoms with van der Waals surface area (Å²) in [4.78, 5) is 6.04. The van der Waals surface area contributed by atoms with Crippen molar-refractivity contribution in [3.63, 3.8) is 0 Å². The minimum Gasteiger partial charge on any atom is -0.330 e. The molecular formula is C18H18N2S. The molecule has 1 aromatic heterocycles. The maximum absolute atomic E-state index is 5.75. The zero-order valence-electron chi connectivity index (χ0n) is 12.0. The van der Waals surface area contributed by atoms with E-state index < -0.39 is 0 Å². The van der Waals surface area contributed by atoms with E-state index >= 15 is 0 Å². The van der Waals surface area contributed by atoms with Crippen molar-refractivity contribution in [2.24, 2.45) is 5.73 Å². The van der Waals surface area contributed by atoms with Gasteiger partial charge in [0.05, 0.1) is 5.52 Å². The Labute approximate surface area is 129 Å². The highest BCUT2D eigenvalue weighted by molar-refractivity contribution is 7.99. The van der Waals surface area contributed by atoms with Gasteiger partial charge in [0.15, 0.2) is 0 Å². The quantitative estimate of drug-likeness (QED) is 0.784. The number of nitrogens with zero attached hydrogens (tertiary/aromatic N) is 1. The fraction of sp³-hybridized carbons (Fsp3) is 0.167. The van der Waals surface area contributed by atoms with Crippen LogP contribution in [0, 0.1) is 6.92 Å². The lowest BCUT2D eigenvalue weighted by Gasteiger charge is -2.10. The number of para-hydroxylation sites is 1. The van der Waals surface area contributed by atoms with Gasteiger partial charge in [-0.1, -0.05) is 47.7 Å². The fourth-order valence-electron chi connectivity index (χ4n) is 2.36. The Morgan fingerprint density at radius 2 is 1.90 bits per heavy atom. The Kier molecular flexibility index (Phi) is 4.23. The molecule has 0 atom stereocenters. The van der Waals surface area contributed by atoms with Gasteiger partial charge in [0.25, 0.3) is 0 Å². The predicted molar refractivity (Wildman–Crippen MR) is 89.8 cm³/mol. The van der Waals surface area contributed by atoms with Gasteiger partial charge in [0, 0.05) is 10.3 Å². The minimum atomic E-state index is 0.640. The first-order chi connectivity index (χ1) is 10.3. The molecule has 3 aromatic rings. The highest BCUT2D eigenvalue weighted by atomic mass is 32.2. The van der Waals surface area contributed by atoms with E-state index in [0.29, 0.717) is 6.54 Å². The standard InChI is InChI=1S/C18H18N2S/c1-13-5-4-7-16(11-13)21-18-15(9-10-19)12-14-6-2-3-8-17(14)20-18/h2-8,11-12H,9-10,19H2,1H3. The van der Waals surface area contributed by atoms with Crippen molar-refractivity contribution in [2.75, 3.05) is 6.54 Å². The second kappa shape index (κ2) is 6.29. The van der Waals surface area contributed by atoms with Gasteiger partial charge < -0.3 is 5.73 Å². The van der Waals surface area contributed by atoms with Crippen LogP contribution in [0.1, 0.15) is 11.1 Å². The molecule has 0 spiro atoms. The molecule has 21 heavy (non-hydrogen) atoms. The highest BCUT2D eigenvalue weighted by Crippen LogP contribution is 2.31. The maximum Gasteiger partial charge on any atom is 0.105 e. The number of hydrogen-bond acceptors (Lipinski definition) is 3. The van der Waals surface area contributed by atoms with Crippen molar-refractivity contribution in [1.82, 2.24) is 4.98 Å². The molecule has 0 fully saturated rings. The third-order valence-electron chi connectivity index (χ3n) is 3.38. The minimum absolute atomic E-state index is 0.640. The van der Waals surface area contributed by atoms with Crippen molar-refractivity contribution in [3.8, 4) is 0 Å². The number of aryl methyl sites for hydroxylation is 1. The first kappa shape index (κ1) is 14.1. The Morgan fingerprint density at radius 3 is 2.71 bits per heavy atom. The lowest BCUT2D eigenvalue weighted by Crippen LogP contribution is -2.04. The van der Waals surface area contributed by atoms with Crippen molar-refractivity contribution in [1.29, 1.82) is 0 Å². The summed E-state index contributed by atoms with van der Waals surface area (Å²) >= 11 is 1.72. The molecular weight excluding hydrogens is 276 g/mol. The van der Waals surface area contributed by atoms with Gasteiger partial charge in [0.2, 0.25) is 0 Å². The lowest BCUT2D eigenvalue weighted by atomic mass is 10.1. The third-order valence-corrected chi connectivity index (χ3v) is 4.42. The van der Waals surface area contributed by atoms with Gasteiger partial charge >= 0.3 is 0 Å². The van der Waals surface area contributed by atoms with Crippen LogP contribution < -0.4 is 5.73 Å². The van der Waals surface area contributed by atoms with Gasteiger partial charge in [-0.05, 0) is 49.7 Å². The van der Waals surface area contributed by atoms with E-state index in [1.165, 1.54) is 21.4 Å². The topological polar surface area (TPSA) is 38.9 Å². The molecule has 0 unspecified atom stereocenters. The van der Waals surface area contributed by atoms with Crippen LogP contribution in [0.4, 0.5) is 0 Å². The highest BCUT2D eigenvalue weighted by Gasteiger charge is 2.08. The van der Waals surface area contributed by atoms with Crippen molar-refractivity contribution < 1.29 is 0 Å². The van der Waals surface area contributed by atoms with Gasteiger partial charge in [-0.3, -0.25) is 0 Å². The SMILES string of the molecule is Cc1cccc(Sc2nc3ccccc3cc2CCN)c1. The molecule has 0 saturated carbocycles. The van der Waals surface area contributed by atoms with Gasteiger partial charge in [0.1, 0.15) is 5.03 Å². The molecule has 3 rings (SSSR count). The molecule has 0 amide bonds. The van der Waals surface area contributed by atoms with Crippen LogP contribution in [0.3, 0.4) is 0 Å². The summed E-state index contributed by atoms with van der Waals surface area (Å²) in [6.45, 7) is 2.75. The Hall–Kier alpha value is -1.84. The van der Waals surface area contributed by atoms with Crippen LogP contribution in [0.2, 0.25) is 0 Å². The number of benzene rings is 2. The van der Waals surface area contributed by atoms with E-state index in [4.69, 9.17) is 10.7 Å². The van der Waals surface area contributed by atoms with Gasteiger partial charge in [-0.25, -0.2) is 4.98 Å². The Balaban J connectivity index is 2.04.